The predicted octanol–water partition coefficient (Wildman–Crippen LogP) is 1.79. The monoisotopic (exact) mass is 204 g/mol. The van der Waals surface area contributed by atoms with Crippen molar-refractivity contribution in [1.29, 1.82) is 0 Å². The van der Waals surface area contributed by atoms with E-state index in [-0.39, 0.29) is 6.61 Å². The van der Waals surface area contributed by atoms with Gasteiger partial charge in [0.05, 0.1) is 6.61 Å². The molecule has 78 valence electrons. The summed E-state index contributed by atoms with van der Waals surface area (Å²) in [7, 11) is 0. The molecular formula is C12H12O3. The largest absolute Gasteiger partial charge is 0.478 e. The van der Waals surface area contributed by atoms with Crippen molar-refractivity contribution in [2.45, 2.75) is 0 Å². The van der Waals surface area contributed by atoms with Crippen molar-refractivity contribution in [2.75, 3.05) is 6.61 Å². The Labute approximate surface area is 88.0 Å². The molecule has 0 radical (unpaired) electrons. The zero-order valence-corrected chi connectivity index (χ0v) is 8.13. The van der Waals surface area contributed by atoms with Crippen LogP contribution in [0.3, 0.4) is 0 Å². The molecule has 0 aromatic heterocycles. The first kappa shape index (κ1) is 11.2. The van der Waals surface area contributed by atoms with Crippen LogP contribution in [0.15, 0.2) is 36.4 Å². The molecule has 1 aromatic rings. The number of hydrogen-bond donors (Lipinski definition) is 2. The fourth-order valence-corrected chi connectivity index (χ4v) is 1.16. The highest BCUT2D eigenvalue weighted by Crippen LogP contribution is 2.12. The highest BCUT2D eigenvalue weighted by molar-refractivity contribution is 5.86. The van der Waals surface area contributed by atoms with Gasteiger partial charge in [0, 0.05) is 6.08 Å². The van der Waals surface area contributed by atoms with Crippen LogP contribution in [0.4, 0.5) is 0 Å². The third kappa shape index (κ3) is 3.79. The third-order valence-corrected chi connectivity index (χ3v) is 1.80. The summed E-state index contributed by atoms with van der Waals surface area (Å²) in [4.78, 5) is 10.4. The number of aliphatic hydroxyl groups excluding tert-OH is 1. The molecular weight excluding hydrogens is 192 g/mol. The Bertz CT molecular complexity index is 392. The Morgan fingerprint density at radius 3 is 2.33 bits per heavy atom. The summed E-state index contributed by atoms with van der Waals surface area (Å²) >= 11 is 0. The van der Waals surface area contributed by atoms with Crippen LogP contribution in [0.25, 0.3) is 12.2 Å². The summed E-state index contributed by atoms with van der Waals surface area (Å²) in [6, 6.07) is 7.36. The molecule has 0 aliphatic rings. The van der Waals surface area contributed by atoms with Crippen LogP contribution < -0.4 is 0 Å². The molecule has 0 aliphatic carbocycles. The zero-order chi connectivity index (χ0) is 11.1. The Kier molecular flexibility index (Phi) is 4.31. The highest BCUT2D eigenvalue weighted by Gasteiger charge is 1.94. The lowest BCUT2D eigenvalue weighted by molar-refractivity contribution is -0.131. The first-order valence-electron chi connectivity index (χ1n) is 4.51. The second-order valence-electron chi connectivity index (χ2n) is 2.89. The van der Waals surface area contributed by atoms with E-state index in [0.717, 1.165) is 17.2 Å². The Hall–Kier alpha value is -1.87. The van der Waals surface area contributed by atoms with Crippen molar-refractivity contribution in [1.82, 2.24) is 0 Å². The molecule has 2 N–H and O–H groups in total. The Balaban J connectivity index is 2.96. The van der Waals surface area contributed by atoms with Gasteiger partial charge in [0.1, 0.15) is 0 Å². The van der Waals surface area contributed by atoms with Gasteiger partial charge in [-0.05, 0) is 17.2 Å². The van der Waals surface area contributed by atoms with E-state index in [0.29, 0.717) is 0 Å². The van der Waals surface area contributed by atoms with Crippen molar-refractivity contribution in [3.8, 4) is 0 Å². The van der Waals surface area contributed by atoms with E-state index >= 15 is 0 Å². The molecule has 0 fully saturated rings. The van der Waals surface area contributed by atoms with Gasteiger partial charge in [-0.25, -0.2) is 4.79 Å². The molecule has 3 heteroatoms. The van der Waals surface area contributed by atoms with E-state index in [1.807, 2.05) is 24.3 Å². The molecule has 1 aromatic carbocycles. The number of benzene rings is 1. The van der Waals surface area contributed by atoms with E-state index < -0.39 is 5.97 Å². The van der Waals surface area contributed by atoms with Crippen molar-refractivity contribution in [3.05, 3.63) is 47.5 Å². The SMILES string of the molecule is O=C(O)/C=C/c1ccccc1C=CCO. The summed E-state index contributed by atoms with van der Waals surface area (Å²) in [5.41, 5.74) is 1.69. The minimum Gasteiger partial charge on any atom is -0.478 e. The molecule has 1 rings (SSSR count). The van der Waals surface area contributed by atoms with Crippen molar-refractivity contribution in [3.63, 3.8) is 0 Å². The van der Waals surface area contributed by atoms with Gasteiger partial charge in [0.2, 0.25) is 0 Å². The number of carboxylic acids is 1. The third-order valence-electron chi connectivity index (χ3n) is 1.80. The molecule has 0 unspecified atom stereocenters. The minimum atomic E-state index is -0.976. The Morgan fingerprint density at radius 1 is 1.20 bits per heavy atom. The van der Waals surface area contributed by atoms with Gasteiger partial charge >= 0.3 is 5.97 Å². The fourth-order valence-electron chi connectivity index (χ4n) is 1.16. The Morgan fingerprint density at radius 2 is 1.80 bits per heavy atom. The van der Waals surface area contributed by atoms with Crippen LogP contribution >= 0.6 is 0 Å². The van der Waals surface area contributed by atoms with Gasteiger partial charge in [-0.1, -0.05) is 36.4 Å². The second kappa shape index (κ2) is 5.78. The number of aliphatic hydroxyl groups is 1. The van der Waals surface area contributed by atoms with Crippen LogP contribution in [0, 0.1) is 0 Å². The average Bonchev–Trinajstić information content (AvgIpc) is 2.24. The molecule has 0 saturated carbocycles. The van der Waals surface area contributed by atoms with Crippen molar-refractivity contribution < 1.29 is 15.0 Å². The smallest absolute Gasteiger partial charge is 0.328 e. The first-order chi connectivity index (χ1) is 7.24. The molecule has 3 nitrogen and oxygen atoms in total. The quantitative estimate of drug-likeness (QED) is 0.735. The lowest BCUT2D eigenvalue weighted by Gasteiger charge is -1.99. The van der Waals surface area contributed by atoms with Crippen LogP contribution in [0.1, 0.15) is 11.1 Å². The van der Waals surface area contributed by atoms with Gasteiger partial charge in [0.15, 0.2) is 0 Å². The maximum atomic E-state index is 10.4. The molecule has 0 spiro atoms. The topological polar surface area (TPSA) is 57.5 Å². The lowest BCUT2D eigenvalue weighted by Crippen LogP contribution is -1.87. The number of carbonyl (C=O) groups is 1. The van der Waals surface area contributed by atoms with E-state index in [1.54, 1.807) is 12.2 Å². The maximum Gasteiger partial charge on any atom is 0.328 e. The number of rotatable bonds is 4. The normalized spacial score (nSPS) is 11.3. The minimum absolute atomic E-state index is 0.0308. The molecule has 15 heavy (non-hydrogen) atoms. The van der Waals surface area contributed by atoms with Gasteiger partial charge in [-0.2, -0.15) is 0 Å². The van der Waals surface area contributed by atoms with Gasteiger partial charge in [-0.3, -0.25) is 0 Å². The predicted molar refractivity (Wildman–Crippen MR) is 59.2 cm³/mol. The molecule has 0 amide bonds. The standard InChI is InChI=1S/C12H12O3/c13-9-3-6-10-4-1-2-5-11(10)7-8-12(14)15/h1-8,13H,9H2,(H,14,15)/b6-3?,8-7+. The van der Waals surface area contributed by atoms with Crippen LogP contribution in [-0.4, -0.2) is 22.8 Å². The second-order valence-corrected chi connectivity index (χ2v) is 2.89. The average molecular weight is 204 g/mol. The number of aliphatic carboxylic acids is 1. The van der Waals surface area contributed by atoms with Gasteiger partial charge in [-0.15, -0.1) is 0 Å². The number of carboxylic acid groups (broad SMARTS) is 1. The summed E-state index contributed by atoms with van der Waals surface area (Å²) < 4.78 is 0. The van der Waals surface area contributed by atoms with Gasteiger partial charge in [0.25, 0.3) is 0 Å². The lowest BCUT2D eigenvalue weighted by atomic mass is 10.1. The molecule has 0 heterocycles. The molecule has 0 saturated heterocycles. The summed E-state index contributed by atoms with van der Waals surface area (Å²) in [5, 5.41) is 17.1. The summed E-state index contributed by atoms with van der Waals surface area (Å²) in [5.74, 6) is -0.976. The summed E-state index contributed by atoms with van der Waals surface area (Å²) in [6.45, 7) is -0.0308. The zero-order valence-electron chi connectivity index (χ0n) is 8.13. The van der Waals surface area contributed by atoms with Crippen molar-refractivity contribution in [2.24, 2.45) is 0 Å². The molecule has 0 atom stereocenters. The van der Waals surface area contributed by atoms with E-state index in [9.17, 15) is 4.79 Å². The fraction of sp³-hybridized carbons (Fsp3) is 0.0833. The number of hydrogen-bond acceptors (Lipinski definition) is 2. The van der Waals surface area contributed by atoms with Crippen LogP contribution in [0.2, 0.25) is 0 Å². The van der Waals surface area contributed by atoms with Gasteiger partial charge < -0.3 is 10.2 Å². The molecule has 0 bridgehead atoms. The summed E-state index contributed by atoms with van der Waals surface area (Å²) in [6.07, 6.45) is 5.97. The molecule has 0 aliphatic heterocycles. The van der Waals surface area contributed by atoms with E-state index in [4.69, 9.17) is 10.2 Å². The highest BCUT2D eigenvalue weighted by atomic mass is 16.4. The first-order valence-corrected chi connectivity index (χ1v) is 4.51. The van der Waals surface area contributed by atoms with Crippen LogP contribution in [-0.2, 0) is 4.79 Å². The maximum absolute atomic E-state index is 10.4. The van der Waals surface area contributed by atoms with E-state index in [1.165, 1.54) is 6.08 Å². The van der Waals surface area contributed by atoms with Crippen LogP contribution in [0.5, 0.6) is 0 Å². The van der Waals surface area contributed by atoms with Crippen molar-refractivity contribution >= 4 is 18.1 Å². The van der Waals surface area contributed by atoms with E-state index in [2.05, 4.69) is 0 Å².